The maximum absolute atomic E-state index is 12.0. The van der Waals surface area contributed by atoms with Gasteiger partial charge in [-0.3, -0.25) is 4.98 Å². The zero-order chi connectivity index (χ0) is 14.9. The number of halogens is 1. The minimum Gasteiger partial charge on any atom is -0.506 e. The summed E-state index contributed by atoms with van der Waals surface area (Å²) in [7, 11) is 0. The first-order valence-electron chi connectivity index (χ1n) is 6.44. The average Bonchev–Trinajstić information content (AvgIpc) is 2.39. The molecule has 0 bridgehead atoms. The smallest absolute Gasteiger partial charge is 0.340 e. The van der Waals surface area contributed by atoms with Crippen LogP contribution in [0.1, 0.15) is 42.6 Å². The number of hydrogen-bond donors (Lipinski definition) is 1. The SMILES string of the molecule is CCOC(=O)c1cnc2cc(Cl)c(O)cc2c1C(C)C. The number of esters is 1. The fourth-order valence-electron chi connectivity index (χ4n) is 2.22. The van der Waals surface area contributed by atoms with Crippen LogP contribution < -0.4 is 0 Å². The summed E-state index contributed by atoms with van der Waals surface area (Å²) in [5.41, 5.74) is 1.88. The van der Waals surface area contributed by atoms with E-state index in [1.54, 1.807) is 19.1 Å². The van der Waals surface area contributed by atoms with Gasteiger partial charge < -0.3 is 9.84 Å². The van der Waals surface area contributed by atoms with Crippen LogP contribution in [0.3, 0.4) is 0 Å². The number of pyridine rings is 1. The van der Waals surface area contributed by atoms with Crippen molar-refractivity contribution in [2.45, 2.75) is 26.7 Å². The number of aromatic nitrogens is 1. The molecule has 106 valence electrons. The minimum atomic E-state index is -0.403. The van der Waals surface area contributed by atoms with Gasteiger partial charge in [-0.05, 0) is 30.5 Å². The van der Waals surface area contributed by atoms with E-state index < -0.39 is 5.97 Å². The van der Waals surface area contributed by atoms with Gasteiger partial charge in [-0.2, -0.15) is 0 Å². The lowest BCUT2D eigenvalue weighted by atomic mass is 9.94. The van der Waals surface area contributed by atoms with Crippen molar-refractivity contribution in [3.8, 4) is 5.75 Å². The highest BCUT2D eigenvalue weighted by Crippen LogP contribution is 2.34. The van der Waals surface area contributed by atoms with E-state index >= 15 is 0 Å². The molecule has 0 aliphatic heterocycles. The largest absolute Gasteiger partial charge is 0.506 e. The van der Waals surface area contributed by atoms with Crippen LogP contribution in [-0.4, -0.2) is 22.7 Å². The van der Waals surface area contributed by atoms with Gasteiger partial charge in [0.25, 0.3) is 0 Å². The summed E-state index contributed by atoms with van der Waals surface area (Å²) in [4.78, 5) is 16.2. The van der Waals surface area contributed by atoms with Crippen molar-refractivity contribution < 1.29 is 14.6 Å². The molecule has 20 heavy (non-hydrogen) atoms. The third-order valence-electron chi connectivity index (χ3n) is 3.05. The van der Waals surface area contributed by atoms with E-state index in [-0.39, 0.29) is 16.7 Å². The van der Waals surface area contributed by atoms with Gasteiger partial charge in [0, 0.05) is 11.6 Å². The number of phenolic OH excluding ortho intramolecular Hbond substituents is 1. The Balaban J connectivity index is 2.75. The summed E-state index contributed by atoms with van der Waals surface area (Å²) >= 11 is 5.89. The van der Waals surface area contributed by atoms with Crippen molar-refractivity contribution >= 4 is 28.5 Å². The molecule has 2 aromatic rings. The van der Waals surface area contributed by atoms with E-state index in [0.717, 1.165) is 5.56 Å². The highest BCUT2D eigenvalue weighted by molar-refractivity contribution is 6.32. The van der Waals surface area contributed by atoms with Crippen LogP contribution in [0.5, 0.6) is 5.75 Å². The molecule has 0 atom stereocenters. The summed E-state index contributed by atoms with van der Waals surface area (Å²) in [5, 5.41) is 10.7. The summed E-state index contributed by atoms with van der Waals surface area (Å²) in [6, 6.07) is 3.13. The highest BCUT2D eigenvalue weighted by atomic mass is 35.5. The summed E-state index contributed by atoms with van der Waals surface area (Å²) in [6.45, 7) is 6.01. The van der Waals surface area contributed by atoms with Gasteiger partial charge in [0.2, 0.25) is 0 Å². The highest BCUT2D eigenvalue weighted by Gasteiger charge is 2.19. The molecule has 0 fully saturated rings. The maximum atomic E-state index is 12.0. The topological polar surface area (TPSA) is 59.4 Å². The van der Waals surface area contributed by atoms with Crippen LogP contribution in [-0.2, 0) is 4.74 Å². The van der Waals surface area contributed by atoms with Gasteiger partial charge in [0.15, 0.2) is 0 Å². The Kier molecular flexibility index (Phi) is 4.14. The Morgan fingerprint density at radius 1 is 1.45 bits per heavy atom. The molecule has 0 spiro atoms. The van der Waals surface area contributed by atoms with Gasteiger partial charge >= 0.3 is 5.97 Å². The third kappa shape index (κ3) is 2.56. The molecular formula is C15H16ClNO3. The van der Waals surface area contributed by atoms with E-state index in [9.17, 15) is 9.90 Å². The summed E-state index contributed by atoms with van der Waals surface area (Å²) < 4.78 is 5.05. The standard InChI is InChI=1S/C15H16ClNO3/c1-4-20-15(19)10-7-17-12-6-11(16)13(18)5-9(12)14(10)8(2)3/h5-8,18H,4H2,1-3H3. The van der Waals surface area contributed by atoms with Crippen LogP contribution in [0.25, 0.3) is 10.9 Å². The molecule has 1 aromatic heterocycles. The Morgan fingerprint density at radius 3 is 2.75 bits per heavy atom. The molecule has 0 saturated carbocycles. The number of carbonyl (C=O) groups excluding carboxylic acids is 1. The zero-order valence-electron chi connectivity index (χ0n) is 11.6. The second kappa shape index (κ2) is 5.67. The second-order valence-corrected chi connectivity index (χ2v) is 5.19. The van der Waals surface area contributed by atoms with E-state index in [1.165, 1.54) is 6.20 Å². The maximum Gasteiger partial charge on any atom is 0.340 e. The molecule has 0 radical (unpaired) electrons. The van der Waals surface area contributed by atoms with E-state index in [1.807, 2.05) is 13.8 Å². The number of hydrogen-bond acceptors (Lipinski definition) is 4. The Morgan fingerprint density at radius 2 is 2.15 bits per heavy atom. The summed E-state index contributed by atoms with van der Waals surface area (Å²) in [6.07, 6.45) is 1.50. The van der Waals surface area contributed by atoms with Crippen molar-refractivity contribution in [1.82, 2.24) is 4.98 Å². The second-order valence-electron chi connectivity index (χ2n) is 4.78. The van der Waals surface area contributed by atoms with Crippen LogP contribution in [0.15, 0.2) is 18.3 Å². The number of ether oxygens (including phenoxy) is 1. The van der Waals surface area contributed by atoms with E-state index in [0.29, 0.717) is 23.1 Å². The Hall–Kier alpha value is -1.81. The van der Waals surface area contributed by atoms with Gasteiger partial charge in [-0.1, -0.05) is 25.4 Å². The Bertz CT molecular complexity index is 668. The lowest BCUT2D eigenvalue weighted by molar-refractivity contribution is 0.0524. The zero-order valence-corrected chi connectivity index (χ0v) is 12.4. The monoisotopic (exact) mass is 293 g/mol. The molecule has 0 amide bonds. The quantitative estimate of drug-likeness (QED) is 0.872. The Labute approximate surface area is 122 Å². The van der Waals surface area contributed by atoms with Gasteiger partial charge in [0.1, 0.15) is 5.75 Å². The van der Waals surface area contributed by atoms with Crippen LogP contribution in [0, 0.1) is 0 Å². The van der Waals surface area contributed by atoms with Gasteiger partial charge in [-0.25, -0.2) is 4.79 Å². The number of nitrogens with zero attached hydrogens (tertiary/aromatic N) is 1. The number of benzene rings is 1. The molecule has 1 aromatic carbocycles. The third-order valence-corrected chi connectivity index (χ3v) is 3.35. The predicted molar refractivity (Wildman–Crippen MR) is 78.5 cm³/mol. The molecule has 0 aliphatic carbocycles. The molecule has 0 saturated heterocycles. The van der Waals surface area contributed by atoms with E-state index in [2.05, 4.69) is 4.98 Å². The first-order valence-corrected chi connectivity index (χ1v) is 6.81. The molecule has 5 heteroatoms. The summed E-state index contributed by atoms with van der Waals surface area (Å²) in [5.74, 6) is -0.343. The first-order chi connectivity index (χ1) is 9.45. The van der Waals surface area contributed by atoms with Crippen molar-refractivity contribution in [3.05, 3.63) is 34.5 Å². The molecule has 1 heterocycles. The molecule has 0 unspecified atom stereocenters. The first kappa shape index (κ1) is 14.6. The molecule has 0 aliphatic rings. The number of carbonyl (C=O) groups is 1. The van der Waals surface area contributed by atoms with Crippen molar-refractivity contribution in [2.24, 2.45) is 0 Å². The van der Waals surface area contributed by atoms with Crippen LogP contribution in [0.4, 0.5) is 0 Å². The molecule has 1 N–H and O–H groups in total. The average molecular weight is 294 g/mol. The van der Waals surface area contributed by atoms with Gasteiger partial charge in [-0.15, -0.1) is 0 Å². The number of fused-ring (bicyclic) bond motifs is 1. The number of phenols is 1. The predicted octanol–water partition coefficient (Wildman–Crippen LogP) is 3.89. The fraction of sp³-hybridized carbons (Fsp3) is 0.333. The molecular weight excluding hydrogens is 278 g/mol. The lowest BCUT2D eigenvalue weighted by Gasteiger charge is -2.15. The fourth-order valence-corrected chi connectivity index (χ4v) is 2.37. The van der Waals surface area contributed by atoms with E-state index in [4.69, 9.17) is 16.3 Å². The van der Waals surface area contributed by atoms with Crippen LogP contribution >= 0.6 is 11.6 Å². The molecule has 2 rings (SSSR count). The van der Waals surface area contributed by atoms with Crippen molar-refractivity contribution in [3.63, 3.8) is 0 Å². The van der Waals surface area contributed by atoms with Crippen molar-refractivity contribution in [1.29, 1.82) is 0 Å². The van der Waals surface area contributed by atoms with Gasteiger partial charge in [0.05, 0.1) is 22.7 Å². The van der Waals surface area contributed by atoms with Crippen molar-refractivity contribution in [2.75, 3.05) is 6.61 Å². The minimum absolute atomic E-state index is 0.0242. The number of rotatable bonds is 3. The normalized spacial score (nSPS) is 11.1. The lowest BCUT2D eigenvalue weighted by Crippen LogP contribution is -2.10. The number of aromatic hydroxyl groups is 1. The molecule has 4 nitrogen and oxygen atoms in total. The van der Waals surface area contributed by atoms with Crippen LogP contribution in [0.2, 0.25) is 5.02 Å².